The molecule has 0 spiro atoms. The average Bonchev–Trinajstić information content (AvgIpc) is 2.22. The van der Waals surface area contributed by atoms with E-state index in [9.17, 15) is 4.79 Å². The third-order valence-electron chi connectivity index (χ3n) is 1.85. The second kappa shape index (κ2) is 6.43. The van der Waals surface area contributed by atoms with Gasteiger partial charge >= 0.3 is 5.97 Å². The number of ether oxygens (including phenoxy) is 1. The molecule has 0 radical (unpaired) electrons. The van der Waals surface area contributed by atoms with Crippen LogP contribution in [0.15, 0.2) is 24.3 Å². The standard InChI is InChI=1S/C11H14ClNO2/c1-13-8-2-3-11(14)15-10-6-4-9(12)5-7-10/h4-7,13H,2-3,8H2,1H3. The average molecular weight is 228 g/mol. The Morgan fingerprint density at radius 2 is 2.07 bits per heavy atom. The van der Waals surface area contributed by atoms with E-state index in [4.69, 9.17) is 16.3 Å². The molecule has 1 N–H and O–H groups in total. The lowest BCUT2D eigenvalue weighted by atomic mass is 10.3. The fourth-order valence-corrected chi connectivity index (χ4v) is 1.22. The molecule has 0 aliphatic carbocycles. The number of carbonyl (C=O) groups is 1. The molecule has 0 amide bonds. The summed E-state index contributed by atoms with van der Waals surface area (Å²) in [5.41, 5.74) is 0. The number of nitrogens with one attached hydrogen (secondary N) is 1. The third-order valence-corrected chi connectivity index (χ3v) is 2.10. The van der Waals surface area contributed by atoms with E-state index in [1.807, 2.05) is 7.05 Å². The van der Waals surface area contributed by atoms with Crippen LogP contribution in [0, 0.1) is 0 Å². The minimum atomic E-state index is -0.215. The maximum absolute atomic E-state index is 11.3. The predicted octanol–water partition coefficient (Wildman–Crippen LogP) is 2.25. The number of hydrogen-bond donors (Lipinski definition) is 1. The Bertz CT molecular complexity index is 311. The van der Waals surface area contributed by atoms with Crippen molar-refractivity contribution < 1.29 is 9.53 Å². The van der Waals surface area contributed by atoms with E-state index in [2.05, 4.69) is 5.32 Å². The van der Waals surface area contributed by atoms with E-state index in [0.29, 0.717) is 17.2 Å². The second-order valence-corrected chi connectivity index (χ2v) is 3.57. The van der Waals surface area contributed by atoms with Gasteiger partial charge in [0.05, 0.1) is 0 Å². The van der Waals surface area contributed by atoms with Crippen LogP contribution < -0.4 is 10.1 Å². The monoisotopic (exact) mass is 227 g/mol. The molecule has 0 heterocycles. The first-order chi connectivity index (χ1) is 7.22. The first-order valence-electron chi connectivity index (χ1n) is 4.83. The largest absolute Gasteiger partial charge is 0.427 e. The van der Waals surface area contributed by atoms with Crippen molar-refractivity contribution in [2.45, 2.75) is 12.8 Å². The molecule has 4 heteroatoms. The van der Waals surface area contributed by atoms with Crippen LogP contribution in [-0.4, -0.2) is 19.6 Å². The minimum absolute atomic E-state index is 0.215. The minimum Gasteiger partial charge on any atom is -0.427 e. The summed E-state index contributed by atoms with van der Waals surface area (Å²) in [6.45, 7) is 0.815. The highest BCUT2D eigenvalue weighted by molar-refractivity contribution is 6.30. The van der Waals surface area contributed by atoms with E-state index in [0.717, 1.165) is 13.0 Å². The predicted molar refractivity (Wildman–Crippen MR) is 60.2 cm³/mol. The molecule has 0 bridgehead atoms. The maximum atomic E-state index is 11.3. The van der Waals surface area contributed by atoms with Gasteiger partial charge in [-0.25, -0.2) is 0 Å². The molecule has 0 atom stereocenters. The lowest BCUT2D eigenvalue weighted by Gasteiger charge is -2.03. The Labute approximate surface area is 94.4 Å². The van der Waals surface area contributed by atoms with Gasteiger partial charge in [0.15, 0.2) is 0 Å². The third kappa shape index (κ3) is 4.81. The molecule has 0 aromatic heterocycles. The first kappa shape index (κ1) is 12.0. The number of rotatable bonds is 5. The van der Waals surface area contributed by atoms with E-state index in [1.54, 1.807) is 24.3 Å². The summed E-state index contributed by atoms with van der Waals surface area (Å²) in [7, 11) is 1.85. The zero-order valence-electron chi connectivity index (χ0n) is 8.63. The summed E-state index contributed by atoms with van der Waals surface area (Å²) in [6, 6.07) is 6.74. The fourth-order valence-electron chi connectivity index (χ4n) is 1.09. The molecular weight excluding hydrogens is 214 g/mol. The lowest BCUT2D eigenvalue weighted by molar-refractivity contribution is -0.134. The highest BCUT2D eigenvalue weighted by atomic mass is 35.5. The molecule has 0 saturated carbocycles. The van der Waals surface area contributed by atoms with Gasteiger partial charge < -0.3 is 10.1 Å². The highest BCUT2D eigenvalue weighted by Crippen LogP contribution is 2.15. The smallest absolute Gasteiger partial charge is 0.311 e. The topological polar surface area (TPSA) is 38.3 Å². The molecule has 0 fully saturated rings. The normalized spacial score (nSPS) is 10.0. The van der Waals surface area contributed by atoms with Crippen LogP contribution in [0.4, 0.5) is 0 Å². The van der Waals surface area contributed by atoms with Crippen LogP contribution >= 0.6 is 11.6 Å². The highest BCUT2D eigenvalue weighted by Gasteiger charge is 2.03. The van der Waals surface area contributed by atoms with Gasteiger partial charge in [0.2, 0.25) is 0 Å². The molecule has 15 heavy (non-hydrogen) atoms. The van der Waals surface area contributed by atoms with Crippen LogP contribution in [0.3, 0.4) is 0 Å². The van der Waals surface area contributed by atoms with Crippen LogP contribution in [0.2, 0.25) is 5.02 Å². The van der Waals surface area contributed by atoms with Gasteiger partial charge in [-0.05, 0) is 44.3 Å². The van der Waals surface area contributed by atoms with Gasteiger partial charge in [-0.1, -0.05) is 11.6 Å². The summed E-state index contributed by atoms with van der Waals surface area (Å²) in [5.74, 6) is 0.321. The molecule has 82 valence electrons. The number of carbonyl (C=O) groups excluding carboxylic acids is 1. The summed E-state index contributed by atoms with van der Waals surface area (Å²) >= 11 is 5.70. The van der Waals surface area contributed by atoms with E-state index in [1.165, 1.54) is 0 Å². The van der Waals surface area contributed by atoms with Crippen molar-refractivity contribution in [3.63, 3.8) is 0 Å². The SMILES string of the molecule is CNCCCC(=O)Oc1ccc(Cl)cc1. The van der Waals surface area contributed by atoms with Crippen molar-refractivity contribution in [1.29, 1.82) is 0 Å². The summed E-state index contributed by atoms with van der Waals surface area (Å²) in [5, 5.41) is 3.60. The molecule has 3 nitrogen and oxygen atoms in total. The number of hydrogen-bond acceptors (Lipinski definition) is 3. The molecule has 0 aliphatic rings. The zero-order chi connectivity index (χ0) is 11.1. The van der Waals surface area contributed by atoms with Crippen LogP contribution in [-0.2, 0) is 4.79 Å². The van der Waals surface area contributed by atoms with Crippen molar-refractivity contribution in [3.8, 4) is 5.75 Å². The molecule has 0 saturated heterocycles. The van der Waals surface area contributed by atoms with Crippen molar-refractivity contribution in [2.75, 3.05) is 13.6 Å². The number of esters is 1. The summed E-state index contributed by atoms with van der Waals surface area (Å²) < 4.78 is 5.09. The Morgan fingerprint density at radius 3 is 2.67 bits per heavy atom. The van der Waals surface area contributed by atoms with E-state index < -0.39 is 0 Å². The second-order valence-electron chi connectivity index (χ2n) is 3.14. The van der Waals surface area contributed by atoms with E-state index in [-0.39, 0.29) is 5.97 Å². The maximum Gasteiger partial charge on any atom is 0.311 e. The molecule has 0 unspecified atom stereocenters. The first-order valence-corrected chi connectivity index (χ1v) is 5.21. The van der Waals surface area contributed by atoms with Gasteiger partial charge in [0.25, 0.3) is 0 Å². The Hall–Kier alpha value is -1.06. The Morgan fingerprint density at radius 1 is 1.40 bits per heavy atom. The van der Waals surface area contributed by atoms with Gasteiger partial charge in [-0.3, -0.25) is 4.79 Å². The van der Waals surface area contributed by atoms with Crippen molar-refractivity contribution in [3.05, 3.63) is 29.3 Å². The Balaban J connectivity index is 2.34. The molecule has 1 aromatic carbocycles. The lowest BCUT2D eigenvalue weighted by Crippen LogP contribution is -2.13. The van der Waals surface area contributed by atoms with E-state index >= 15 is 0 Å². The number of benzene rings is 1. The van der Waals surface area contributed by atoms with Crippen LogP contribution in [0.25, 0.3) is 0 Å². The molecular formula is C11H14ClNO2. The van der Waals surface area contributed by atoms with Crippen LogP contribution in [0.1, 0.15) is 12.8 Å². The fraction of sp³-hybridized carbons (Fsp3) is 0.364. The van der Waals surface area contributed by atoms with Gasteiger partial charge in [0.1, 0.15) is 5.75 Å². The summed E-state index contributed by atoms with van der Waals surface area (Å²) in [6.07, 6.45) is 1.20. The van der Waals surface area contributed by atoms with Gasteiger partial charge in [0, 0.05) is 11.4 Å². The van der Waals surface area contributed by atoms with Crippen molar-refractivity contribution in [2.24, 2.45) is 0 Å². The van der Waals surface area contributed by atoms with Crippen molar-refractivity contribution >= 4 is 17.6 Å². The van der Waals surface area contributed by atoms with Gasteiger partial charge in [-0.15, -0.1) is 0 Å². The molecule has 1 aromatic rings. The quantitative estimate of drug-likeness (QED) is 0.476. The Kier molecular flexibility index (Phi) is 5.15. The molecule has 0 aliphatic heterocycles. The summed E-state index contributed by atoms with van der Waals surface area (Å²) in [4.78, 5) is 11.3. The molecule has 1 rings (SSSR count). The van der Waals surface area contributed by atoms with Gasteiger partial charge in [-0.2, -0.15) is 0 Å². The zero-order valence-corrected chi connectivity index (χ0v) is 9.38. The van der Waals surface area contributed by atoms with Crippen molar-refractivity contribution in [1.82, 2.24) is 5.32 Å². The van der Waals surface area contributed by atoms with Crippen LogP contribution in [0.5, 0.6) is 5.75 Å². The number of halogens is 1.